The van der Waals surface area contributed by atoms with Crippen LogP contribution in [0.5, 0.6) is 0 Å². The molecule has 6 nitrogen and oxygen atoms in total. The van der Waals surface area contributed by atoms with Crippen molar-refractivity contribution < 1.29 is 4.79 Å². The van der Waals surface area contributed by atoms with E-state index < -0.39 is 0 Å². The summed E-state index contributed by atoms with van der Waals surface area (Å²) >= 11 is 0. The second kappa shape index (κ2) is 8.40. The average molecular weight is 327 g/mol. The third-order valence-corrected chi connectivity index (χ3v) is 3.43. The normalized spacial score (nSPS) is 10.7. The zero-order valence-electron chi connectivity index (χ0n) is 14.8. The number of nitrogens with zero attached hydrogens (tertiary/aromatic N) is 3. The van der Waals surface area contributed by atoms with Gasteiger partial charge in [0.25, 0.3) is 5.91 Å². The molecule has 0 atom stereocenters. The average Bonchev–Trinajstić information content (AvgIpc) is 2.50. The Morgan fingerprint density at radius 2 is 1.96 bits per heavy atom. The van der Waals surface area contributed by atoms with Gasteiger partial charge >= 0.3 is 0 Å². The molecule has 1 amide bonds. The number of hydrogen-bond donors (Lipinski definition) is 2. The van der Waals surface area contributed by atoms with E-state index in [1.54, 1.807) is 13.0 Å². The van der Waals surface area contributed by atoms with E-state index in [-0.39, 0.29) is 5.91 Å². The third-order valence-electron chi connectivity index (χ3n) is 3.43. The molecule has 6 heteroatoms. The van der Waals surface area contributed by atoms with E-state index in [1.807, 2.05) is 45.3 Å². The van der Waals surface area contributed by atoms with Gasteiger partial charge in [-0.2, -0.15) is 0 Å². The fourth-order valence-electron chi connectivity index (χ4n) is 2.31. The second-order valence-electron chi connectivity index (χ2n) is 6.09. The van der Waals surface area contributed by atoms with Gasteiger partial charge in [0.05, 0.1) is 0 Å². The molecular weight excluding hydrogens is 302 g/mol. The van der Waals surface area contributed by atoms with Crippen LogP contribution in [0.25, 0.3) is 0 Å². The molecule has 0 saturated carbocycles. The summed E-state index contributed by atoms with van der Waals surface area (Å²) in [6.07, 6.45) is 0.900. The summed E-state index contributed by atoms with van der Waals surface area (Å²) in [5, 5.41) is 6.12. The molecule has 0 saturated heterocycles. The van der Waals surface area contributed by atoms with Crippen LogP contribution in [0.2, 0.25) is 0 Å². The van der Waals surface area contributed by atoms with Gasteiger partial charge in [0.15, 0.2) is 0 Å². The van der Waals surface area contributed by atoms with Crippen LogP contribution in [-0.4, -0.2) is 48.0 Å². The van der Waals surface area contributed by atoms with Crippen molar-refractivity contribution in [2.45, 2.75) is 20.3 Å². The molecule has 2 N–H and O–H groups in total. The quantitative estimate of drug-likeness (QED) is 0.765. The number of amides is 1. The van der Waals surface area contributed by atoms with Crippen LogP contribution < -0.4 is 10.6 Å². The lowest BCUT2D eigenvalue weighted by molar-refractivity contribution is 0.0947. The van der Waals surface area contributed by atoms with Crippen LogP contribution in [0, 0.1) is 13.8 Å². The summed E-state index contributed by atoms with van der Waals surface area (Å²) in [6.45, 7) is 5.37. The smallest absolute Gasteiger partial charge is 0.270 e. The molecular formula is C18H25N5O. The molecule has 2 aromatic rings. The molecule has 128 valence electrons. The molecule has 0 aliphatic carbocycles. The van der Waals surface area contributed by atoms with E-state index >= 15 is 0 Å². The fourth-order valence-corrected chi connectivity index (χ4v) is 2.31. The number of aromatic nitrogens is 2. The number of benzene rings is 1. The second-order valence-corrected chi connectivity index (χ2v) is 6.09. The zero-order valence-corrected chi connectivity index (χ0v) is 14.8. The van der Waals surface area contributed by atoms with E-state index in [0.29, 0.717) is 23.9 Å². The van der Waals surface area contributed by atoms with Gasteiger partial charge in [-0.25, -0.2) is 9.97 Å². The fraction of sp³-hybridized carbons (Fsp3) is 0.389. The molecule has 0 bridgehead atoms. The standard InChI is InChI=1S/C18H25N5O/c1-13-7-5-8-15(11-13)22-17-12-16(20-14(2)21-17)18(24)19-9-6-10-23(3)4/h5,7-8,11-12H,6,9-10H2,1-4H3,(H,19,24)(H,20,21,22). The van der Waals surface area contributed by atoms with Crippen molar-refractivity contribution in [3.63, 3.8) is 0 Å². The molecule has 1 aromatic heterocycles. The summed E-state index contributed by atoms with van der Waals surface area (Å²) < 4.78 is 0. The van der Waals surface area contributed by atoms with E-state index in [4.69, 9.17) is 0 Å². The summed E-state index contributed by atoms with van der Waals surface area (Å²) in [5.74, 6) is 1.00. The number of nitrogens with one attached hydrogen (secondary N) is 2. The number of aryl methyl sites for hydroxylation is 2. The maximum atomic E-state index is 12.3. The van der Waals surface area contributed by atoms with Crippen molar-refractivity contribution in [3.8, 4) is 0 Å². The first-order valence-electron chi connectivity index (χ1n) is 8.06. The van der Waals surface area contributed by atoms with Crippen molar-refractivity contribution in [3.05, 3.63) is 47.4 Å². The Labute approximate surface area is 143 Å². The van der Waals surface area contributed by atoms with E-state index in [0.717, 1.165) is 24.2 Å². The minimum atomic E-state index is -0.174. The van der Waals surface area contributed by atoms with E-state index in [9.17, 15) is 4.79 Å². The SMILES string of the molecule is Cc1cccc(Nc2cc(C(=O)NCCCN(C)C)nc(C)n2)c1. The highest BCUT2D eigenvalue weighted by molar-refractivity contribution is 5.93. The first-order valence-corrected chi connectivity index (χ1v) is 8.06. The molecule has 0 aliphatic heterocycles. The van der Waals surface area contributed by atoms with E-state index in [1.165, 1.54) is 0 Å². The lowest BCUT2D eigenvalue weighted by Gasteiger charge is -2.11. The van der Waals surface area contributed by atoms with Gasteiger partial charge in [-0.1, -0.05) is 12.1 Å². The molecule has 1 heterocycles. The Morgan fingerprint density at radius 3 is 2.67 bits per heavy atom. The largest absolute Gasteiger partial charge is 0.351 e. The zero-order chi connectivity index (χ0) is 17.5. The molecule has 0 aliphatic rings. The lowest BCUT2D eigenvalue weighted by atomic mass is 10.2. The molecule has 2 rings (SSSR count). The molecule has 24 heavy (non-hydrogen) atoms. The van der Waals surface area contributed by atoms with Crippen LogP contribution >= 0.6 is 0 Å². The monoisotopic (exact) mass is 327 g/mol. The minimum absolute atomic E-state index is 0.174. The highest BCUT2D eigenvalue weighted by Gasteiger charge is 2.10. The number of anilines is 2. The molecule has 1 aromatic carbocycles. The Morgan fingerprint density at radius 1 is 1.17 bits per heavy atom. The molecule has 0 unspecified atom stereocenters. The topological polar surface area (TPSA) is 70.2 Å². The highest BCUT2D eigenvalue weighted by Crippen LogP contribution is 2.16. The third kappa shape index (κ3) is 5.62. The van der Waals surface area contributed by atoms with Crippen LogP contribution in [0.15, 0.2) is 30.3 Å². The van der Waals surface area contributed by atoms with Crippen LogP contribution in [0.4, 0.5) is 11.5 Å². The number of carbonyl (C=O) groups is 1. The van der Waals surface area contributed by atoms with Gasteiger partial charge in [0.1, 0.15) is 17.3 Å². The first-order chi connectivity index (χ1) is 11.4. The van der Waals surface area contributed by atoms with Crippen molar-refractivity contribution in [1.29, 1.82) is 0 Å². The molecule has 0 spiro atoms. The van der Waals surface area contributed by atoms with Crippen LogP contribution in [0.1, 0.15) is 28.3 Å². The van der Waals surface area contributed by atoms with Gasteiger partial charge in [-0.3, -0.25) is 4.79 Å². The predicted octanol–water partition coefficient (Wildman–Crippen LogP) is 2.52. The Kier molecular flexibility index (Phi) is 6.26. The maximum absolute atomic E-state index is 12.3. The van der Waals surface area contributed by atoms with Crippen molar-refractivity contribution >= 4 is 17.4 Å². The minimum Gasteiger partial charge on any atom is -0.351 e. The van der Waals surface area contributed by atoms with E-state index in [2.05, 4.69) is 25.5 Å². The maximum Gasteiger partial charge on any atom is 0.270 e. The van der Waals surface area contributed by atoms with Crippen molar-refractivity contribution in [1.82, 2.24) is 20.2 Å². The van der Waals surface area contributed by atoms with Gasteiger partial charge in [-0.05, 0) is 58.6 Å². The highest BCUT2D eigenvalue weighted by atomic mass is 16.1. The van der Waals surface area contributed by atoms with Crippen LogP contribution in [-0.2, 0) is 0 Å². The molecule has 0 fully saturated rings. The first kappa shape index (κ1) is 17.9. The van der Waals surface area contributed by atoms with Crippen molar-refractivity contribution in [2.24, 2.45) is 0 Å². The summed E-state index contributed by atoms with van der Waals surface area (Å²) in [7, 11) is 4.03. The number of hydrogen-bond acceptors (Lipinski definition) is 5. The lowest BCUT2D eigenvalue weighted by Crippen LogP contribution is -2.28. The predicted molar refractivity (Wildman–Crippen MR) is 96.7 cm³/mol. The van der Waals surface area contributed by atoms with Crippen LogP contribution in [0.3, 0.4) is 0 Å². The van der Waals surface area contributed by atoms with Gasteiger partial charge in [0, 0.05) is 18.3 Å². The number of carbonyl (C=O) groups excluding carboxylic acids is 1. The summed E-state index contributed by atoms with van der Waals surface area (Å²) in [5.41, 5.74) is 2.47. The van der Waals surface area contributed by atoms with Crippen molar-refractivity contribution in [2.75, 3.05) is 32.5 Å². The van der Waals surface area contributed by atoms with Gasteiger partial charge in [0.2, 0.25) is 0 Å². The van der Waals surface area contributed by atoms with Gasteiger partial charge < -0.3 is 15.5 Å². The summed E-state index contributed by atoms with van der Waals surface area (Å²) in [4.78, 5) is 22.9. The molecule has 0 radical (unpaired) electrons. The Bertz CT molecular complexity index is 700. The Hall–Kier alpha value is -2.47. The Balaban J connectivity index is 2.03. The van der Waals surface area contributed by atoms with Gasteiger partial charge in [-0.15, -0.1) is 0 Å². The summed E-state index contributed by atoms with van der Waals surface area (Å²) in [6, 6.07) is 9.67. The number of rotatable bonds is 7.